The predicted molar refractivity (Wildman–Crippen MR) is 209 cm³/mol. The van der Waals surface area contributed by atoms with E-state index in [0.29, 0.717) is 33.4 Å². The topological polar surface area (TPSA) is 13.1 Å². The third-order valence-corrected chi connectivity index (χ3v) is 10.1. The summed E-state index contributed by atoms with van der Waals surface area (Å²) in [4.78, 5) is 0. The summed E-state index contributed by atoms with van der Waals surface area (Å²) < 4.78 is 81.5. The summed E-state index contributed by atoms with van der Waals surface area (Å²) in [5, 5.41) is 7.72. The summed E-state index contributed by atoms with van der Waals surface area (Å²) in [6, 6.07) is 36.2. The van der Waals surface area contributed by atoms with Crippen molar-refractivity contribution in [3.05, 3.63) is 170 Å². The van der Waals surface area contributed by atoms with Crippen molar-refractivity contribution in [2.45, 2.75) is 0 Å². The predicted octanol–water partition coefficient (Wildman–Crippen LogP) is 13.8. The van der Waals surface area contributed by atoms with E-state index in [4.69, 9.17) is 9.90 Å². The molecule has 0 amide bonds. The van der Waals surface area contributed by atoms with Crippen molar-refractivity contribution >= 4 is 75.8 Å². The summed E-state index contributed by atoms with van der Waals surface area (Å²) in [7, 11) is 0. The van der Waals surface area contributed by atoms with Gasteiger partial charge in [0.2, 0.25) is 0 Å². The van der Waals surface area contributed by atoms with E-state index in [1.807, 2.05) is 121 Å². The highest BCUT2D eigenvalue weighted by atomic mass is 16.3. The maximum Gasteiger partial charge on any atom is 0.136 e. The molecule has 11 aromatic rings. The van der Waals surface area contributed by atoms with Gasteiger partial charge in [-0.05, 0) is 99.4 Å². The zero-order chi connectivity index (χ0) is 39.0. The minimum atomic E-state index is -0.439. The van der Waals surface area contributed by atoms with Crippen molar-refractivity contribution < 1.29 is 15.4 Å². The molecule has 0 saturated heterocycles. The first-order chi connectivity index (χ1) is 27.7. The molecule has 49 heavy (non-hydrogen) atoms. The van der Waals surface area contributed by atoms with Crippen LogP contribution < -0.4 is 0 Å². The fraction of sp³-hybridized carbons (Fsp3) is 0. The SMILES string of the molecule is [2H]c1c([2H])c([2H])c2c(-c3c(-c4ccccc4)c4cccc5oc6cccc3c6c54)c3c([2H])c([2H])c([2H])c([2H])c3c(-c3cccc4c3ccc3ccccc34)c2c1[2H]. The van der Waals surface area contributed by atoms with E-state index in [1.54, 1.807) is 0 Å². The van der Waals surface area contributed by atoms with Gasteiger partial charge in [0.1, 0.15) is 11.2 Å². The second-order valence-electron chi connectivity index (χ2n) is 12.5. The molecule has 10 aromatic carbocycles. The number of rotatable bonds is 3. The van der Waals surface area contributed by atoms with Gasteiger partial charge in [-0.15, -0.1) is 0 Å². The normalized spacial score (nSPS) is 14.4. The Balaban J connectivity index is 1.48. The van der Waals surface area contributed by atoms with Crippen LogP contribution in [-0.2, 0) is 0 Å². The number of hydrogen-bond donors (Lipinski definition) is 0. The number of benzene rings is 10. The minimum Gasteiger partial charge on any atom is -0.456 e. The lowest BCUT2D eigenvalue weighted by Gasteiger charge is -2.23. The molecule has 0 bridgehead atoms. The van der Waals surface area contributed by atoms with Gasteiger partial charge in [-0.3, -0.25) is 0 Å². The first kappa shape index (κ1) is 20.0. The third-order valence-electron chi connectivity index (χ3n) is 10.1. The molecular weight excluding hydrogens is 593 g/mol. The Kier molecular flexibility index (Phi) is 4.10. The smallest absolute Gasteiger partial charge is 0.136 e. The van der Waals surface area contributed by atoms with Crippen LogP contribution in [0.5, 0.6) is 0 Å². The number of furan rings is 1. The highest BCUT2D eigenvalue weighted by Crippen LogP contribution is 2.53. The van der Waals surface area contributed by atoms with Crippen LogP contribution in [0.4, 0.5) is 0 Å². The Labute approximate surface area is 293 Å². The summed E-state index contributed by atoms with van der Waals surface area (Å²) >= 11 is 0. The van der Waals surface area contributed by atoms with Crippen LogP contribution >= 0.6 is 0 Å². The number of hydrogen-bond acceptors (Lipinski definition) is 1. The van der Waals surface area contributed by atoms with Gasteiger partial charge in [-0.25, -0.2) is 0 Å². The van der Waals surface area contributed by atoms with Gasteiger partial charge in [-0.2, -0.15) is 0 Å². The van der Waals surface area contributed by atoms with Crippen molar-refractivity contribution in [3.8, 4) is 33.4 Å². The molecule has 0 aliphatic rings. The maximum atomic E-state index is 9.73. The standard InChI is InChI=1S/C48H28O/c1-2-14-30(15-3-1)43-39-23-11-25-41-46(39)47-40(24-12-26-42(47)49-41)48(43)45-37-19-8-6-17-35(37)44(36-18-7-9-20-38(36)45)34-22-10-21-32-31-16-5-4-13-29(31)27-28-33(32)34/h1-28H/i6D,7D,8D,9D,17D,18D,19D,20D. The Morgan fingerprint density at radius 3 is 1.59 bits per heavy atom. The Morgan fingerprint density at radius 2 is 0.898 bits per heavy atom. The lowest BCUT2D eigenvalue weighted by molar-refractivity contribution is 0.669. The minimum absolute atomic E-state index is 0.172. The van der Waals surface area contributed by atoms with Crippen LogP contribution in [0.15, 0.2) is 174 Å². The zero-order valence-electron chi connectivity index (χ0n) is 34.0. The van der Waals surface area contributed by atoms with Crippen molar-refractivity contribution in [1.29, 1.82) is 0 Å². The Morgan fingerprint density at radius 1 is 0.347 bits per heavy atom. The first-order valence-corrected chi connectivity index (χ1v) is 16.3. The van der Waals surface area contributed by atoms with Gasteiger partial charge in [0.25, 0.3) is 0 Å². The highest BCUT2D eigenvalue weighted by Gasteiger charge is 2.26. The molecular formula is C48H28O. The average molecular weight is 629 g/mol. The van der Waals surface area contributed by atoms with Crippen LogP contribution in [-0.4, -0.2) is 0 Å². The monoisotopic (exact) mass is 628 g/mol. The zero-order valence-corrected chi connectivity index (χ0v) is 26.0. The van der Waals surface area contributed by atoms with E-state index in [0.717, 1.165) is 54.2 Å². The molecule has 1 aromatic heterocycles. The lowest BCUT2D eigenvalue weighted by Crippen LogP contribution is -1.95. The molecule has 11 rings (SSSR count). The molecule has 0 aliphatic heterocycles. The van der Waals surface area contributed by atoms with Gasteiger partial charge in [0.05, 0.1) is 11.0 Å². The second-order valence-corrected chi connectivity index (χ2v) is 12.5. The van der Waals surface area contributed by atoms with Gasteiger partial charge < -0.3 is 4.42 Å². The fourth-order valence-electron chi connectivity index (χ4n) is 8.12. The van der Waals surface area contributed by atoms with E-state index in [1.165, 1.54) is 0 Å². The molecule has 0 unspecified atom stereocenters. The van der Waals surface area contributed by atoms with Crippen LogP contribution in [0, 0.1) is 0 Å². The summed E-state index contributed by atoms with van der Waals surface area (Å²) in [6.45, 7) is 0. The molecule has 0 fully saturated rings. The van der Waals surface area contributed by atoms with E-state index < -0.39 is 24.2 Å². The molecule has 1 heteroatoms. The largest absolute Gasteiger partial charge is 0.456 e. The van der Waals surface area contributed by atoms with Gasteiger partial charge in [-0.1, -0.05) is 158 Å². The van der Waals surface area contributed by atoms with E-state index in [-0.39, 0.29) is 45.7 Å². The molecule has 0 N–H and O–H groups in total. The van der Waals surface area contributed by atoms with E-state index in [9.17, 15) is 5.48 Å². The van der Waals surface area contributed by atoms with Crippen LogP contribution in [0.2, 0.25) is 0 Å². The highest BCUT2D eigenvalue weighted by molar-refractivity contribution is 6.34. The molecule has 0 atom stereocenters. The lowest BCUT2D eigenvalue weighted by atomic mass is 9.79. The second kappa shape index (κ2) is 10.0. The third kappa shape index (κ3) is 3.65. The molecule has 0 spiro atoms. The fourth-order valence-corrected chi connectivity index (χ4v) is 8.12. The van der Waals surface area contributed by atoms with Gasteiger partial charge >= 0.3 is 0 Å². The Bertz CT molecular complexity index is 3470. The average Bonchev–Trinajstić information content (AvgIpc) is 3.64. The molecule has 226 valence electrons. The summed E-state index contributed by atoms with van der Waals surface area (Å²) in [5.74, 6) is 0. The molecule has 1 nitrogen and oxygen atoms in total. The molecule has 0 saturated carbocycles. The van der Waals surface area contributed by atoms with Crippen LogP contribution in [0.25, 0.3) is 109 Å². The number of fused-ring (bicyclic) bond motifs is 5. The maximum absolute atomic E-state index is 9.73. The van der Waals surface area contributed by atoms with Crippen molar-refractivity contribution in [2.75, 3.05) is 0 Å². The van der Waals surface area contributed by atoms with Crippen LogP contribution in [0.1, 0.15) is 11.0 Å². The quantitative estimate of drug-likeness (QED) is 0.140. The van der Waals surface area contributed by atoms with E-state index >= 15 is 0 Å². The van der Waals surface area contributed by atoms with Crippen molar-refractivity contribution in [2.24, 2.45) is 0 Å². The molecule has 0 aliphatic carbocycles. The summed E-state index contributed by atoms with van der Waals surface area (Å²) in [5.41, 5.74) is 4.74. The van der Waals surface area contributed by atoms with Crippen LogP contribution in [0.3, 0.4) is 0 Å². The van der Waals surface area contributed by atoms with Crippen molar-refractivity contribution in [3.63, 3.8) is 0 Å². The van der Waals surface area contributed by atoms with Gasteiger partial charge in [0.15, 0.2) is 0 Å². The first-order valence-electron chi connectivity index (χ1n) is 20.3. The molecule has 0 radical (unpaired) electrons. The molecule has 1 heterocycles. The summed E-state index contributed by atoms with van der Waals surface area (Å²) in [6.07, 6.45) is 0. The van der Waals surface area contributed by atoms with Gasteiger partial charge in [0, 0.05) is 10.8 Å². The van der Waals surface area contributed by atoms with E-state index in [2.05, 4.69) is 0 Å². The van der Waals surface area contributed by atoms with Crippen molar-refractivity contribution in [1.82, 2.24) is 0 Å². The Hall–Kier alpha value is -6.44.